The number of ether oxygens (including phenoxy) is 2. The lowest BCUT2D eigenvalue weighted by atomic mass is 9.94. The number of Topliss-reactive ketones (excluding diaryl/α,β-unsaturated/α-hetero) is 1. The third kappa shape index (κ3) is 11.3. The first-order valence-electron chi connectivity index (χ1n) is 14.2. The van der Waals surface area contributed by atoms with Gasteiger partial charge in [-0.15, -0.1) is 0 Å². The van der Waals surface area contributed by atoms with Crippen LogP contribution in [0.3, 0.4) is 0 Å². The number of carbonyl (C=O) groups excluding carboxylic acids is 1. The second-order valence-electron chi connectivity index (χ2n) is 10.4. The zero-order valence-corrected chi connectivity index (χ0v) is 23.8. The van der Waals surface area contributed by atoms with Crippen LogP contribution >= 0.6 is 0 Å². The van der Waals surface area contributed by atoms with Crippen LogP contribution in [0.4, 0.5) is 0 Å². The topological polar surface area (TPSA) is 134 Å². The summed E-state index contributed by atoms with van der Waals surface area (Å²) in [6.45, 7) is 7.29. The number of carbonyl (C=O) groups is 1. The molecule has 0 aliphatic rings. The molecule has 2 aromatic carbocycles. The summed E-state index contributed by atoms with van der Waals surface area (Å²) in [4.78, 5) is 12.8. The average Bonchev–Trinajstić information content (AvgIpc) is 2.94. The number of hydrogen-bond acceptors (Lipinski definition) is 8. The van der Waals surface area contributed by atoms with Gasteiger partial charge in [0.05, 0.1) is 11.7 Å². The van der Waals surface area contributed by atoms with E-state index in [0.717, 1.165) is 18.4 Å². The minimum Gasteiger partial charge on any atom is -0.491 e. The predicted molar refractivity (Wildman–Crippen MR) is 154 cm³/mol. The first-order chi connectivity index (χ1) is 18.7. The van der Waals surface area contributed by atoms with Gasteiger partial charge in [0.15, 0.2) is 5.78 Å². The van der Waals surface area contributed by atoms with Gasteiger partial charge in [0.1, 0.15) is 30.3 Å². The van der Waals surface area contributed by atoms with Crippen LogP contribution < -0.4 is 20.5 Å². The molecule has 0 bridgehead atoms. The Morgan fingerprint density at radius 1 is 0.949 bits per heavy atom. The lowest BCUT2D eigenvalue weighted by Gasteiger charge is -2.27. The van der Waals surface area contributed by atoms with Crippen LogP contribution in [0.5, 0.6) is 11.5 Å². The van der Waals surface area contributed by atoms with E-state index >= 15 is 0 Å². The van der Waals surface area contributed by atoms with Gasteiger partial charge >= 0.3 is 0 Å². The third-order valence-corrected chi connectivity index (χ3v) is 6.93. The average molecular weight is 545 g/mol. The van der Waals surface area contributed by atoms with E-state index < -0.39 is 17.3 Å². The van der Waals surface area contributed by atoms with Crippen LogP contribution in [0.2, 0.25) is 0 Å². The first-order valence-corrected chi connectivity index (χ1v) is 14.2. The molecular formula is C31H48N2O6. The molecule has 0 aliphatic carbocycles. The van der Waals surface area contributed by atoms with Gasteiger partial charge in [-0.3, -0.25) is 4.79 Å². The van der Waals surface area contributed by atoms with E-state index in [-0.39, 0.29) is 32.0 Å². The van der Waals surface area contributed by atoms with E-state index in [0.29, 0.717) is 55.8 Å². The molecule has 0 radical (unpaired) electrons. The Morgan fingerprint density at radius 2 is 1.56 bits per heavy atom. The normalized spacial score (nSPS) is 14.0. The van der Waals surface area contributed by atoms with Crippen molar-refractivity contribution >= 4 is 5.78 Å². The summed E-state index contributed by atoms with van der Waals surface area (Å²) in [7, 11) is 0. The van der Waals surface area contributed by atoms with Crippen molar-refractivity contribution in [3.05, 3.63) is 59.7 Å². The van der Waals surface area contributed by atoms with Gasteiger partial charge in [0, 0.05) is 25.1 Å². The van der Waals surface area contributed by atoms with Gasteiger partial charge in [-0.1, -0.05) is 57.9 Å². The van der Waals surface area contributed by atoms with Crippen molar-refractivity contribution in [3.63, 3.8) is 0 Å². The summed E-state index contributed by atoms with van der Waals surface area (Å²) < 4.78 is 11.7. The fourth-order valence-electron chi connectivity index (χ4n) is 4.48. The van der Waals surface area contributed by atoms with E-state index in [4.69, 9.17) is 15.2 Å². The highest BCUT2D eigenvalue weighted by molar-refractivity contribution is 5.96. The van der Waals surface area contributed by atoms with Crippen LogP contribution in [0, 0.1) is 0 Å². The molecule has 0 saturated carbocycles. The molecule has 0 fully saturated rings. The first kappa shape index (κ1) is 32.7. The zero-order valence-electron chi connectivity index (χ0n) is 23.8. The summed E-state index contributed by atoms with van der Waals surface area (Å²) in [5, 5.41) is 35.1. The monoisotopic (exact) mass is 544 g/mol. The fraction of sp³-hybridized carbons (Fsp3) is 0.581. The molecule has 0 spiro atoms. The van der Waals surface area contributed by atoms with Crippen molar-refractivity contribution in [2.24, 2.45) is 5.73 Å². The van der Waals surface area contributed by atoms with Crippen LogP contribution in [-0.4, -0.2) is 65.2 Å². The van der Waals surface area contributed by atoms with Crippen molar-refractivity contribution < 1.29 is 29.6 Å². The lowest BCUT2D eigenvalue weighted by molar-refractivity contribution is -0.0202. The van der Waals surface area contributed by atoms with E-state index in [2.05, 4.69) is 5.32 Å². The maximum Gasteiger partial charge on any atom is 0.164 e. The molecule has 2 aromatic rings. The Balaban J connectivity index is 1.83. The number of aliphatic hydroxyl groups excluding tert-OH is 1. The molecule has 0 saturated heterocycles. The second kappa shape index (κ2) is 16.6. The highest BCUT2D eigenvalue weighted by atomic mass is 16.5. The number of nitrogens with two attached hydrogens (primary N) is 1. The van der Waals surface area contributed by atoms with Gasteiger partial charge in [-0.05, 0) is 62.1 Å². The smallest absolute Gasteiger partial charge is 0.164 e. The molecule has 39 heavy (non-hydrogen) atoms. The van der Waals surface area contributed by atoms with E-state index in [9.17, 15) is 20.1 Å². The summed E-state index contributed by atoms with van der Waals surface area (Å²) in [6.07, 6.45) is 3.62. The Morgan fingerprint density at radius 3 is 2.18 bits per heavy atom. The number of hydrogen-bond donors (Lipinski definition) is 5. The fourth-order valence-corrected chi connectivity index (χ4v) is 4.48. The number of benzene rings is 2. The lowest BCUT2D eigenvalue weighted by Crippen LogP contribution is -2.45. The maximum absolute atomic E-state index is 12.8. The molecular weight excluding hydrogens is 496 g/mol. The molecule has 0 aliphatic heterocycles. The molecule has 2 unspecified atom stereocenters. The van der Waals surface area contributed by atoms with E-state index in [1.807, 2.05) is 26.8 Å². The van der Waals surface area contributed by atoms with Crippen molar-refractivity contribution in [3.8, 4) is 11.5 Å². The van der Waals surface area contributed by atoms with Crippen molar-refractivity contribution in [1.82, 2.24) is 5.32 Å². The Labute approximate surface area is 233 Å². The Hall–Kier alpha value is -2.49. The number of ketones is 1. The number of aliphatic hydroxyl groups is 3. The summed E-state index contributed by atoms with van der Waals surface area (Å²) in [6, 6.07) is 14.2. The van der Waals surface area contributed by atoms with Crippen molar-refractivity contribution in [2.45, 2.75) is 83.0 Å². The van der Waals surface area contributed by atoms with Crippen molar-refractivity contribution in [2.75, 3.05) is 32.8 Å². The minimum atomic E-state index is -1.11. The standard InChI is InChI=1S/C31H48N2O6/c1-4-15-31(37,16-5-2)23-39-27-12-8-10-25(20-27)29(35)14-18-33-21-30(36,6-3)22-38-26-11-7-9-24(19-26)28(34)13-17-32/h7-12,19-20,28,33-34,36-37H,4-6,13-18,21-23,32H2,1-3H3. The SMILES string of the molecule is CCCC(O)(CCC)COc1cccc(C(=O)CCNCC(O)(CC)COc2cccc(C(O)CCN)c2)c1. The predicted octanol–water partition coefficient (Wildman–Crippen LogP) is 4.16. The molecule has 8 nitrogen and oxygen atoms in total. The Bertz CT molecular complexity index is 995. The molecule has 218 valence electrons. The van der Waals surface area contributed by atoms with Crippen LogP contribution in [0.1, 0.15) is 87.7 Å². The van der Waals surface area contributed by atoms with Crippen LogP contribution in [0.15, 0.2) is 48.5 Å². The molecule has 0 heterocycles. The number of rotatable bonds is 20. The Kier molecular flexibility index (Phi) is 13.9. The second-order valence-corrected chi connectivity index (χ2v) is 10.4. The highest BCUT2D eigenvalue weighted by Gasteiger charge is 2.27. The third-order valence-electron chi connectivity index (χ3n) is 6.93. The summed E-state index contributed by atoms with van der Waals surface area (Å²) in [5.41, 5.74) is 4.83. The van der Waals surface area contributed by atoms with Crippen molar-refractivity contribution in [1.29, 1.82) is 0 Å². The quantitative estimate of drug-likeness (QED) is 0.124. The van der Waals surface area contributed by atoms with Gasteiger partial charge < -0.3 is 35.8 Å². The largest absolute Gasteiger partial charge is 0.491 e. The highest BCUT2D eigenvalue weighted by Crippen LogP contribution is 2.24. The maximum atomic E-state index is 12.8. The van der Waals surface area contributed by atoms with E-state index in [1.54, 1.807) is 42.5 Å². The van der Waals surface area contributed by atoms with Gasteiger partial charge in [-0.25, -0.2) is 0 Å². The molecule has 8 heteroatoms. The molecule has 2 atom stereocenters. The molecule has 6 N–H and O–H groups in total. The summed E-state index contributed by atoms with van der Waals surface area (Å²) in [5.74, 6) is 1.10. The van der Waals surface area contributed by atoms with E-state index in [1.165, 1.54) is 0 Å². The van der Waals surface area contributed by atoms with Gasteiger partial charge in [0.25, 0.3) is 0 Å². The van der Waals surface area contributed by atoms with Crippen LogP contribution in [0.25, 0.3) is 0 Å². The van der Waals surface area contributed by atoms with Gasteiger partial charge in [-0.2, -0.15) is 0 Å². The molecule has 2 rings (SSSR count). The van der Waals surface area contributed by atoms with Crippen LogP contribution in [-0.2, 0) is 0 Å². The number of nitrogens with one attached hydrogen (secondary N) is 1. The summed E-state index contributed by atoms with van der Waals surface area (Å²) >= 11 is 0. The molecule has 0 amide bonds. The molecule has 0 aromatic heterocycles. The van der Waals surface area contributed by atoms with Gasteiger partial charge in [0.2, 0.25) is 0 Å². The minimum absolute atomic E-state index is 0.0329. The zero-order chi connectivity index (χ0) is 28.7.